The molecule has 1 unspecified atom stereocenters. The Morgan fingerprint density at radius 2 is 1.82 bits per heavy atom. The first kappa shape index (κ1) is 20.5. The Balaban J connectivity index is 1.41. The Hall–Kier alpha value is -2.21. The van der Waals surface area contributed by atoms with Gasteiger partial charge in [-0.2, -0.15) is 0 Å². The smallest absolute Gasteiger partial charge is 0.253 e. The van der Waals surface area contributed by atoms with Crippen LogP contribution < -0.4 is 5.32 Å². The van der Waals surface area contributed by atoms with E-state index in [0.717, 1.165) is 12.8 Å². The highest BCUT2D eigenvalue weighted by Gasteiger charge is 2.27. The third kappa shape index (κ3) is 5.41. The van der Waals surface area contributed by atoms with E-state index in [0.29, 0.717) is 38.3 Å². The zero-order valence-electron chi connectivity index (χ0n) is 16.6. The summed E-state index contributed by atoms with van der Waals surface area (Å²) in [5, 5.41) is 3.05. The summed E-state index contributed by atoms with van der Waals surface area (Å²) in [6.45, 7) is 5.07. The average Bonchev–Trinajstić information content (AvgIpc) is 2.74. The van der Waals surface area contributed by atoms with E-state index in [4.69, 9.17) is 0 Å². The number of benzene rings is 1. The van der Waals surface area contributed by atoms with E-state index >= 15 is 0 Å². The van der Waals surface area contributed by atoms with Crippen molar-refractivity contribution in [2.45, 2.75) is 45.1 Å². The molecule has 0 bridgehead atoms. The second kappa shape index (κ2) is 9.82. The van der Waals surface area contributed by atoms with Gasteiger partial charge in [-0.15, -0.1) is 0 Å². The predicted molar refractivity (Wildman–Crippen MR) is 108 cm³/mol. The maximum atomic E-state index is 13.0. The van der Waals surface area contributed by atoms with Crippen molar-refractivity contribution in [3.8, 4) is 0 Å². The molecule has 0 spiro atoms. The summed E-state index contributed by atoms with van der Waals surface area (Å²) in [4.78, 5) is 28.9. The van der Waals surface area contributed by atoms with Crippen LogP contribution >= 0.6 is 0 Å². The normalized spacial score (nSPS) is 19.1. The van der Waals surface area contributed by atoms with Crippen molar-refractivity contribution < 1.29 is 14.0 Å². The van der Waals surface area contributed by atoms with Crippen molar-refractivity contribution in [1.29, 1.82) is 0 Å². The molecule has 5 nitrogen and oxygen atoms in total. The van der Waals surface area contributed by atoms with Crippen LogP contribution in [-0.4, -0.2) is 60.4 Å². The molecule has 1 N–H and O–H groups in total. The number of amides is 2. The molecule has 0 aromatic heterocycles. The summed E-state index contributed by atoms with van der Waals surface area (Å²) in [6.07, 6.45) is 8.13. The van der Waals surface area contributed by atoms with Gasteiger partial charge >= 0.3 is 0 Å². The standard InChI is InChI=1S/C22H30FN3O2/c1-17(21(27)24-12-11-18-5-3-2-4-6-18)25-13-15-26(16-14-25)22(28)19-7-9-20(23)10-8-19/h5,7-10,17H,2-4,6,11-16H2,1H3,(H,24,27). The van der Waals surface area contributed by atoms with Gasteiger partial charge in [0.1, 0.15) is 5.82 Å². The number of halogens is 1. The number of hydrogen-bond acceptors (Lipinski definition) is 3. The van der Waals surface area contributed by atoms with Crippen molar-refractivity contribution in [2.24, 2.45) is 0 Å². The van der Waals surface area contributed by atoms with Crippen molar-refractivity contribution in [3.05, 3.63) is 47.3 Å². The van der Waals surface area contributed by atoms with Crippen molar-refractivity contribution in [3.63, 3.8) is 0 Å². The molecule has 1 aromatic carbocycles. The van der Waals surface area contributed by atoms with Crippen LogP contribution in [0.15, 0.2) is 35.9 Å². The minimum Gasteiger partial charge on any atom is -0.354 e. The first-order valence-electron chi connectivity index (χ1n) is 10.3. The quantitative estimate of drug-likeness (QED) is 0.764. The van der Waals surface area contributed by atoms with Gasteiger partial charge in [-0.1, -0.05) is 11.6 Å². The summed E-state index contributed by atoms with van der Waals surface area (Å²) in [6, 6.07) is 5.44. The van der Waals surface area contributed by atoms with Gasteiger partial charge in [-0.05, 0) is 63.3 Å². The molecule has 1 aromatic rings. The highest BCUT2D eigenvalue weighted by atomic mass is 19.1. The van der Waals surface area contributed by atoms with E-state index in [-0.39, 0.29) is 23.7 Å². The first-order chi connectivity index (χ1) is 13.5. The molecule has 1 aliphatic carbocycles. The van der Waals surface area contributed by atoms with E-state index in [2.05, 4.69) is 16.3 Å². The fourth-order valence-electron chi connectivity index (χ4n) is 3.88. The van der Waals surface area contributed by atoms with Crippen LogP contribution in [0.25, 0.3) is 0 Å². The van der Waals surface area contributed by atoms with Crippen LogP contribution in [0, 0.1) is 5.82 Å². The lowest BCUT2D eigenvalue weighted by Gasteiger charge is -2.37. The molecule has 1 heterocycles. The minimum absolute atomic E-state index is 0.0507. The first-order valence-corrected chi connectivity index (χ1v) is 10.3. The fourth-order valence-corrected chi connectivity index (χ4v) is 3.88. The molecule has 2 amide bonds. The van der Waals surface area contributed by atoms with Crippen LogP contribution in [0.1, 0.15) is 49.4 Å². The summed E-state index contributed by atoms with van der Waals surface area (Å²) >= 11 is 0. The molecule has 3 rings (SSSR count). The lowest BCUT2D eigenvalue weighted by Crippen LogP contribution is -2.55. The van der Waals surface area contributed by atoms with Gasteiger partial charge in [0.15, 0.2) is 0 Å². The molecule has 1 fully saturated rings. The van der Waals surface area contributed by atoms with Gasteiger partial charge in [0.25, 0.3) is 5.91 Å². The number of allylic oxidation sites excluding steroid dienone is 1. The maximum Gasteiger partial charge on any atom is 0.253 e. The molecule has 2 aliphatic rings. The average molecular weight is 387 g/mol. The largest absolute Gasteiger partial charge is 0.354 e. The monoisotopic (exact) mass is 387 g/mol. The van der Waals surface area contributed by atoms with Crippen molar-refractivity contribution in [2.75, 3.05) is 32.7 Å². The number of carbonyl (C=O) groups is 2. The van der Waals surface area contributed by atoms with Crippen LogP contribution in [0.2, 0.25) is 0 Å². The predicted octanol–water partition coefficient (Wildman–Crippen LogP) is 2.98. The van der Waals surface area contributed by atoms with Crippen molar-refractivity contribution >= 4 is 11.8 Å². The zero-order valence-corrected chi connectivity index (χ0v) is 16.6. The maximum absolute atomic E-state index is 13.0. The topological polar surface area (TPSA) is 52.7 Å². The summed E-state index contributed by atoms with van der Waals surface area (Å²) in [5.74, 6) is -0.381. The second-order valence-electron chi connectivity index (χ2n) is 7.66. The number of nitrogens with zero attached hydrogens (tertiary/aromatic N) is 2. The second-order valence-corrected chi connectivity index (χ2v) is 7.66. The van der Waals surface area contributed by atoms with E-state index in [1.54, 1.807) is 4.90 Å². The Labute approximate surface area is 166 Å². The third-order valence-corrected chi connectivity index (χ3v) is 5.75. The number of piperazine rings is 1. The Morgan fingerprint density at radius 3 is 2.46 bits per heavy atom. The van der Waals surface area contributed by atoms with Crippen LogP contribution in [-0.2, 0) is 4.79 Å². The minimum atomic E-state index is -0.346. The molecular formula is C22H30FN3O2. The molecular weight excluding hydrogens is 357 g/mol. The van der Waals surface area contributed by atoms with E-state index in [1.165, 1.54) is 49.1 Å². The van der Waals surface area contributed by atoms with E-state index in [1.807, 2.05) is 6.92 Å². The van der Waals surface area contributed by atoms with Gasteiger partial charge in [0.05, 0.1) is 6.04 Å². The summed E-state index contributed by atoms with van der Waals surface area (Å²) < 4.78 is 13.0. The van der Waals surface area contributed by atoms with Gasteiger partial charge < -0.3 is 10.2 Å². The van der Waals surface area contributed by atoms with Gasteiger partial charge in [0.2, 0.25) is 5.91 Å². The molecule has 152 valence electrons. The number of carbonyl (C=O) groups excluding carboxylic acids is 2. The zero-order chi connectivity index (χ0) is 19.9. The molecule has 0 saturated carbocycles. The summed E-state index contributed by atoms with van der Waals surface area (Å²) in [5.41, 5.74) is 1.96. The Bertz CT molecular complexity index is 709. The van der Waals surface area contributed by atoms with Crippen molar-refractivity contribution in [1.82, 2.24) is 15.1 Å². The molecule has 0 radical (unpaired) electrons. The SMILES string of the molecule is CC(C(=O)NCCC1=CCCCC1)N1CCN(C(=O)c2ccc(F)cc2)CC1. The van der Waals surface area contributed by atoms with Gasteiger partial charge in [-0.25, -0.2) is 4.39 Å². The number of nitrogens with one attached hydrogen (secondary N) is 1. The molecule has 28 heavy (non-hydrogen) atoms. The highest BCUT2D eigenvalue weighted by molar-refractivity contribution is 5.94. The van der Waals surface area contributed by atoms with Crippen LogP contribution in [0.5, 0.6) is 0 Å². The number of hydrogen-bond donors (Lipinski definition) is 1. The lowest BCUT2D eigenvalue weighted by atomic mass is 9.97. The Kier molecular flexibility index (Phi) is 7.20. The molecule has 6 heteroatoms. The van der Waals surface area contributed by atoms with Gasteiger partial charge in [-0.3, -0.25) is 14.5 Å². The summed E-state index contributed by atoms with van der Waals surface area (Å²) in [7, 11) is 0. The van der Waals surface area contributed by atoms with Crippen LogP contribution in [0.4, 0.5) is 4.39 Å². The Morgan fingerprint density at radius 1 is 1.11 bits per heavy atom. The van der Waals surface area contributed by atoms with Crippen LogP contribution in [0.3, 0.4) is 0 Å². The molecule has 1 atom stereocenters. The number of rotatable bonds is 6. The van der Waals surface area contributed by atoms with E-state index in [9.17, 15) is 14.0 Å². The third-order valence-electron chi connectivity index (χ3n) is 5.75. The molecule has 1 saturated heterocycles. The van der Waals surface area contributed by atoms with Gasteiger partial charge in [0, 0.05) is 38.3 Å². The van der Waals surface area contributed by atoms with E-state index < -0.39 is 0 Å². The lowest BCUT2D eigenvalue weighted by molar-refractivity contribution is -0.126. The molecule has 1 aliphatic heterocycles. The highest BCUT2D eigenvalue weighted by Crippen LogP contribution is 2.19. The fraction of sp³-hybridized carbons (Fsp3) is 0.545.